The molecule has 1 rings (SSSR count). The van der Waals surface area contributed by atoms with Gasteiger partial charge < -0.3 is 10.6 Å². The third kappa shape index (κ3) is 4.87. The normalized spacial score (nSPS) is 10.4. The zero-order chi connectivity index (χ0) is 15.1. The van der Waals surface area contributed by atoms with Crippen molar-refractivity contribution in [1.82, 2.24) is 0 Å². The van der Waals surface area contributed by atoms with Gasteiger partial charge in [0.1, 0.15) is 5.69 Å². The molecular formula is C14H21N3O3. The minimum Gasteiger partial charge on any atom is -0.379 e. The highest BCUT2D eigenvalue weighted by molar-refractivity contribution is 5.91. The van der Waals surface area contributed by atoms with Crippen molar-refractivity contribution in [3.8, 4) is 0 Å². The molecular weight excluding hydrogens is 258 g/mol. The quantitative estimate of drug-likeness (QED) is 0.591. The monoisotopic (exact) mass is 279 g/mol. The average molecular weight is 279 g/mol. The summed E-state index contributed by atoms with van der Waals surface area (Å²) in [5, 5.41) is 16.8. The van der Waals surface area contributed by atoms with Crippen LogP contribution in [0.5, 0.6) is 0 Å². The van der Waals surface area contributed by atoms with E-state index in [9.17, 15) is 14.9 Å². The average Bonchev–Trinajstić information content (AvgIpc) is 2.39. The Kier molecular flexibility index (Phi) is 5.96. The summed E-state index contributed by atoms with van der Waals surface area (Å²) in [5.74, 6) is 0.365. The molecule has 0 unspecified atom stereocenters. The highest BCUT2D eigenvalue weighted by atomic mass is 16.6. The van der Waals surface area contributed by atoms with Crippen molar-refractivity contribution in [3.05, 3.63) is 28.3 Å². The van der Waals surface area contributed by atoms with Gasteiger partial charge in [-0.3, -0.25) is 14.9 Å². The van der Waals surface area contributed by atoms with Gasteiger partial charge in [0, 0.05) is 24.7 Å². The number of carbonyl (C=O) groups is 1. The van der Waals surface area contributed by atoms with Crippen LogP contribution in [0.3, 0.4) is 0 Å². The van der Waals surface area contributed by atoms with Crippen LogP contribution < -0.4 is 10.6 Å². The first-order valence-electron chi connectivity index (χ1n) is 6.76. The number of hydrogen-bond donors (Lipinski definition) is 2. The van der Waals surface area contributed by atoms with E-state index in [-0.39, 0.29) is 11.6 Å². The molecule has 1 aromatic rings. The molecule has 1 amide bonds. The molecule has 1 aromatic carbocycles. The molecule has 0 saturated carbocycles. The topological polar surface area (TPSA) is 84.3 Å². The number of carbonyl (C=O) groups excluding carboxylic acids is 1. The molecule has 0 heterocycles. The van der Waals surface area contributed by atoms with Crippen molar-refractivity contribution >= 4 is 23.0 Å². The number of nitro groups is 1. The van der Waals surface area contributed by atoms with Crippen molar-refractivity contribution in [2.75, 3.05) is 17.2 Å². The van der Waals surface area contributed by atoms with Crippen molar-refractivity contribution in [1.29, 1.82) is 0 Å². The van der Waals surface area contributed by atoms with E-state index in [1.807, 2.05) is 0 Å². The summed E-state index contributed by atoms with van der Waals surface area (Å²) in [6.45, 7) is 6.60. The molecule has 0 fully saturated rings. The van der Waals surface area contributed by atoms with Crippen molar-refractivity contribution in [2.45, 2.75) is 33.6 Å². The fraction of sp³-hybridized carbons (Fsp3) is 0.500. The van der Waals surface area contributed by atoms with E-state index >= 15 is 0 Å². The van der Waals surface area contributed by atoms with Gasteiger partial charge in [-0.05, 0) is 24.5 Å². The van der Waals surface area contributed by atoms with Crippen LogP contribution in [0.1, 0.15) is 33.6 Å². The Bertz CT molecular complexity index is 487. The van der Waals surface area contributed by atoms with Crippen LogP contribution in [0.2, 0.25) is 0 Å². The molecule has 20 heavy (non-hydrogen) atoms. The van der Waals surface area contributed by atoms with Gasteiger partial charge in [-0.2, -0.15) is 0 Å². The lowest BCUT2D eigenvalue weighted by Gasteiger charge is -2.10. The summed E-state index contributed by atoms with van der Waals surface area (Å²) in [6.07, 6.45) is 1.27. The van der Waals surface area contributed by atoms with Gasteiger partial charge in [0.2, 0.25) is 5.91 Å². The maximum Gasteiger partial charge on any atom is 0.294 e. The second-order valence-corrected chi connectivity index (χ2v) is 5.00. The van der Waals surface area contributed by atoms with E-state index in [0.717, 1.165) is 6.42 Å². The van der Waals surface area contributed by atoms with Crippen LogP contribution in [-0.2, 0) is 4.79 Å². The van der Waals surface area contributed by atoms with E-state index in [0.29, 0.717) is 30.3 Å². The van der Waals surface area contributed by atoms with Crippen molar-refractivity contribution in [2.24, 2.45) is 5.92 Å². The van der Waals surface area contributed by atoms with E-state index < -0.39 is 4.92 Å². The first kappa shape index (κ1) is 15.9. The van der Waals surface area contributed by atoms with E-state index in [4.69, 9.17) is 0 Å². The summed E-state index contributed by atoms with van der Waals surface area (Å²) >= 11 is 0. The Morgan fingerprint density at radius 1 is 1.40 bits per heavy atom. The Hall–Kier alpha value is -2.11. The first-order chi connectivity index (χ1) is 9.43. The SMILES string of the molecule is CCC(=O)Nc1ccc(NCCC(C)C)c([N+](=O)[O-])c1. The molecule has 0 aromatic heterocycles. The lowest BCUT2D eigenvalue weighted by Crippen LogP contribution is -2.11. The number of benzene rings is 1. The molecule has 0 aliphatic carbocycles. The standard InChI is InChI=1S/C14H21N3O3/c1-4-14(18)16-11-5-6-12(13(9-11)17(19)20)15-8-7-10(2)3/h5-6,9-10,15H,4,7-8H2,1-3H3,(H,16,18). The van der Waals surface area contributed by atoms with Crippen LogP contribution in [0.4, 0.5) is 17.1 Å². The fourth-order valence-corrected chi connectivity index (χ4v) is 1.65. The maximum atomic E-state index is 11.3. The van der Waals surface area contributed by atoms with E-state index in [1.165, 1.54) is 6.07 Å². The van der Waals surface area contributed by atoms with Crippen LogP contribution in [-0.4, -0.2) is 17.4 Å². The van der Waals surface area contributed by atoms with Crippen LogP contribution >= 0.6 is 0 Å². The fourth-order valence-electron chi connectivity index (χ4n) is 1.65. The van der Waals surface area contributed by atoms with Gasteiger partial charge in [-0.25, -0.2) is 0 Å². The second-order valence-electron chi connectivity index (χ2n) is 5.00. The maximum absolute atomic E-state index is 11.3. The molecule has 0 aliphatic rings. The molecule has 6 heteroatoms. The van der Waals surface area contributed by atoms with Crippen LogP contribution in [0.15, 0.2) is 18.2 Å². The zero-order valence-corrected chi connectivity index (χ0v) is 12.1. The lowest BCUT2D eigenvalue weighted by atomic mass is 10.1. The highest BCUT2D eigenvalue weighted by Gasteiger charge is 2.15. The number of nitrogens with one attached hydrogen (secondary N) is 2. The molecule has 6 nitrogen and oxygen atoms in total. The molecule has 110 valence electrons. The number of amides is 1. The molecule has 0 radical (unpaired) electrons. The minimum atomic E-state index is -0.445. The molecule has 0 aliphatic heterocycles. The Balaban J connectivity index is 2.84. The minimum absolute atomic E-state index is 0.0253. The first-order valence-corrected chi connectivity index (χ1v) is 6.76. The molecule has 0 bridgehead atoms. The predicted molar refractivity (Wildman–Crippen MR) is 80.0 cm³/mol. The number of nitro benzene ring substituents is 1. The summed E-state index contributed by atoms with van der Waals surface area (Å²) in [7, 11) is 0. The van der Waals surface area contributed by atoms with Gasteiger partial charge in [0.05, 0.1) is 4.92 Å². The Morgan fingerprint density at radius 2 is 2.10 bits per heavy atom. The lowest BCUT2D eigenvalue weighted by molar-refractivity contribution is -0.383. The highest BCUT2D eigenvalue weighted by Crippen LogP contribution is 2.28. The van der Waals surface area contributed by atoms with Crippen LogP contribution in [0.25, 0.3) is 0 Å². The number of nitrogens with zero attached hydrogens (tertiary/aromatic N) is 1. The van der Waals surface area contributed by atoms with E-state index in [2.05, 4.69) is 24.5 Å². The zero-order valence-electron chi connectivity index (χ0n) is 12.1. The summed E-state index contributed by atoms with van der Waals surface area (Å²) in [6, 6.07) is 4.67. The summed E-state index contributed by atoms with van der Waals surface area (Å²) in [5.41, 5.74) is 0.894. The van der Waals surface area contributed by atoms with Gasteiger partial charge >= 0.3 is 0 Å². The third-order valence-corrected chi connectivity index (χ3v) is 2.84. The second kappa shape index (κ2) is 7.47. The summed E-state index contributed by atoms with van der Waals surface area (Å²) < 4.78 is 0. The Morgan fingerprint density at radius 3 is 2.65 bits per heavy atom. The summed E-state index contributed by atoms with van der Waals surface area (Å²) in [4.78, 5) is 21.9. The Labute approximate surface area is 118 Å². The number of hydrogen-bond acceptors (Lipinski definition) is 4. The molecule has 2 N–H and O–H groups in total. The van der Waals surface area contributed by atoms with Crippen molar-refractivity contribution in [3.63, 3.8) is 0 Å². The molecule has 0 atom stereocenters. The third-order valence-electron chi connectivity index (χ3n) is 2.84. The van der Waals surface area contributed by atoms with Gasteiger partial charge in [-0.1, -0.05) is 20.8 Å². The molecule has 0 saturated heterocycles. The van der Waals surface area contributed by atoms with Gasteiger partial charge in [-0.15, -0.1) is 0 Å². The number of anilines is 2. The number of rotatable bonds is 7. The van der Waals surface area contributed by atoms with E-state index in [1.54, 1.807) is 19.1 Å². The largest absolute Gasteiger partial charge is 0.379 e. The van der Waals surface area contributed by atoms with Crippen molar-refractivity contribution < 1.29 is 9.72 Å². The van der Waals surface area contributed by atoms with Gasteiger partial charge in [0.15, 0.2) is 0 Å². The predicted octanol–water partition coefficient (Wildman–Crippen LogP) is 3.40. The van der Waals surface area contributed by atoms with Crippen LogP contribution in [0, 0.1) is 16.0 Å². The smallest absolute Gasteiger partial charge is 0.294 e. The molecule has 0 spiro atoms. The van der Waals surface area contributed by atoms with Gasteiger partial charge in [0.25, 0.3) is 5.69 Å².